The van der Waals surface area contributed by atoms with Crippen molar-refractivity contribution in [2.24, 2.45) is 0 Å². The van der Waals surface area contributed by atoms with E-state index in [1.165, 1.54) is 0 Å². The molecular formula is C16H12ClIN2O3S. The van der Waals surface area contributed by atoms with E-state index in [0.29, 0.717) is 26.0 Å². The largest absolute Gasteiger partial charge is 0.462 e. The number of benzene rings is 1. The third-order valence-corrected chi connectivity index (χ3v) is 5.31. The first-order chi connectivity index (χ1) is 11.4. The Morgan fingerprint density at radius 1 is 1.46 bits per heavy atom. The van der Waals surface area contributed by atoms with Gasteiger partial charge in [-0.1, -0.05) is 11.6 Å². The van der Waals surface area contributed by atoms with Crippen LogP contribution in [0.15, 0.2) is 18.2 Å². The normalized spacial score (nSPS) is 10.1. The van der Waals surface area contributed by atoms with E-state index in [0.717, 1.165) is 14.9 Å². The van der Waals surface area contributed by atoms with Crippen molar-refractivity contribution >= 4 is 62.4 Å². The molecule has 0 aliphatic carbocycles. The average molecular weight is 475 g/mol. The smallest absolute Gasteiger partial charge is 0.348 e. The van der Waals surface area contributed by atoms with Gasteiger partial charge in [-0.15, -0.1) is 11.3 Å². The standard InChI is InChI=1S/C16H12ClIN2O3S/c1-3-23-16(22)13-8(2)11(7-19)15(24-13)20-14(21)10-6-9(18)4-5-12(10)17/h4-6H,3H2,1-2H3,(H,20,21). The van der Waals surface area contributed by atoms with Gasteiger partial charge in [0.1, 0.15) is 15.9 Å². The number of halogens is 2. The Balaban J connectivity index is 2.37. The highest BCUT2D eigenvalue weighted by molar-refractivity contribution is 14.1. The number of hydrogen-bond donors (Lipinski definition) is 1. The molecule has 8 heteroatoms. The second kappa shape index (κ2) is 7.96. The van der Waals surface area contributed by atoms with Crippen LogP contribution in [0.2, 0.25) is 5.02 Å². The molecule has 0 spiro atoms. The Morgan fingerprint density at radius 3 is 2.79 bits per heavy atom. The highest BCUT2D eigenvalue weighted by Gasteiger charge is 2.23. The van der Waals surface area contributed by atoms with Gasteiger partial charge in [-0.2, -0.15) is 5.26 Å². The molecule has 2 aromatic rings. The number of hydrogen-bond acceptors (Lipinski definition) is 5. The van der Waals surface area contributed by atoms with Gasteiger partial charge >= 0.3 is 5.97 Å². The maximum atomic E-state index is 12.5. The second-order valence-corrected chi connectivity index (χ2v) is 7.34. The molecule has 0 radical (unpaired) electrons. The molecule has 0 atom stereocenters. The van der Waals surface area contributed by atoms with Crippen molar-refractivity contribution in [3.8, 4) is 6.07 Å². The first-order valence-electron chi connectivity index (χ1n) is 6.86. The quantitative estimate of drug-likeness (QED) is 0.518. The van der Waals surface area contributed by atoms with E-state index in [4.69, 9.17) is 16.3 Å². The van der Waals surface area contributed by atoms with E-state index in [1.54, 1.807) is 32.0 Å². The summed E-state index contributed by atoms with van der Waals surface area (Å²) in [6.07, 6.45) is 0. The van der Waals surface area contributed by atoms with E-state index < -0.39 is 11.9 Å². The lowest BCUT2D eigenvalue weighted by Gasteiger charge is -2.06. The summed E-state index contributed by atoms with van der Waals surface area (Å²) >= 11 is 9.16. The number of ether oxygens (including phenoxy) is 1. The minimum absolute atomic E-state index is 0.234. The summed E-state index contributed by atoms with van der Waals surface area (Å²) in [6.45, 7) is 3.58. The van der Waals surface area contributed by atoms with E-state index >= 15 is 0 Å². The predicted octanol–water partition coefficient (Wildman–Crippen LogP) is 4.62. The predicted molar refractivity (Wildman–Crippen MR) is 102 cm³/mol. The van der Waals surface area contributed by atoms with Crippen LogP contribution in [-0.4, -0.2) is 18.5 Å². The molecule has 1 amide bonds. The molecule has 24 heavy (non-hydrogen) atoms. The van der Waals surface area contributed by atoms with Crippen LogP contribution in [0.5, 0.6) is 0 Å². The van der Waals surface area contributed by atoms with E-state index in [9.17, 15) is 14.9 Å². The van der Waals surface area contributed by atoms with Crippen LogP contribution in [0.4, 0.5) is 5.00 Å². The first kappa shape index (κ1) is 18.7. The molecule has 0 saturated heterocycles. The van der Waals surface area contributed by atoms with Crippen molar-refractivity contribution in [3.63, 3.8) is 0 Å². The van der Waals surface area contributed by atoms with Crippen LogP contribution in [0.3, 0.4) is 0 Å². The third kappa shape index (κ3) is 3.88. The summed E-state index contributed by atoms with van der Waals surface area (Å²) in [6, 6.07) is 7.09. The summed E-state index contributed by atoms with van der Waals surface area (Å²) in [4.78, 5) is 24.7. The number of carbonyl (C=O) groups excluding carboxylic acids is 2. The Labute approximate surface area is 161 Å². The highest BCUT2D eigenvalue weighted by atomic mass is 127. The Bertz CT molecular complexity index is 858. The number of nitrogens with one attached hydrogen (secondary N) is 1. The molecule has 0 saturated carbocycles. The molecule has 0 fully saturated rings. The van der Waals surface area contributed by atoms with Crippen LogP contribution < -0.4 is 5.32 Å². The van der Waals surface area contributed by atoms with Gasteiger partial charge in [0.05, 0.1) is 22.8 Å². The number of carbonyl (C=O) groups is 2. The number of nitrogens with zero attached hydrogens (tertiary/aromatic N) is 1. The number of amides is 1. The topological polar surface area (TPSA) is 79.2 Å². The summed E-state index contributed by atoms with van der Waals surface area (Å²) in [5.41, 5.74) is 1.04. The summed E-state index contributed by atoms with van der Waals surface area (Å²) < 4.78 is 5.83. The van der Waals surface area contributed by atoms with Crippen molar-refractivity contribution < 1.29 is 14.3 Å². The molecule has 1 aromatic carbocycles. The SMILES string of the molecule is CCOC(=O)c1sc(NC(=O)c2cc(I)ccc2Cl)c(C#N)c1C. The lowest BCUT2D eigenvalue weighted by Crippen LogP contribution is -2.12. The lowest BCUT2D eigenvalue weighted by molar-refractivity contribution is 0.0531. The average Bonchev–Trinajstić information content (AvgIpc) is 2.85. The molecule has 124 valence electrons. The number of thiophene rings is 1. The van der Waals surface area contributed by atoms with Gasteiger partial charge in [0, 0.05) is 3.57 Å². The lowest BCUT2D eigenvalue weighted by atomic mass is 10.1. The number of nitriles is 1. The van der Waals surface area contributed by atoms with Crippen molar-refractivity contribution in [3.05, 3.63) is 48.4 Å². The molecule has 0 aliphatic heterocycles. The van der Waals surface area contributed by atoms with Crippen molar-refractivity contribution in [1.29, 1.82) is 5.26 Å². The molecule has 0 bridgehead atoms. The molecule has 2 rings (SSSR count). The Kier molecular flexibility index (Phi) is 6.21. The fraction of sp³-hybridized carbons (Fsp3) is 0.188. The minimum Gasteiger partial charge on any atom is -0.462 e. The molecule has 1 N–H and O–H groups in total. The maximum absolute atomic E-state index is 12.5. The second-order valence-electron chi connectivity index (χ2n) is 4.67. The van der Waals surface area contributed by atoms with Gasteiger partial charge in [0.15, 0.2) is 0 Å². The molecule has 5 nitrogen and oxygen atoms in total. The van der Waals surface area contributed by atoms with Gasteiger partial charge in [-0.3, -0.25) is 4.79 Å². The summed E-state index contributed by atoms with van der Waals surface area (Å²) in [5.74, 6) is -0.948. The van der Waals surface area contributed by atoms with Crippen molar-refractivity contribution in [2.75, 3.05) is 11.9 Å². The fourth-order valence-electron chi connectivity index (χ4n) is 1.97. The van der Waals surface area contributed by atoms with E-state index in [-0.39, 0.29) is 12.2 Å². The highest BCUT2D eigenvalue weighted by Crippen LogP contribution is 2.33. The number of esters is 1. The zero-order valence-electron chi connectivity index (χ0n) is 12.8. The fourth-order valence-corrected chi connectivity index (χ4v) is 3.71. The molecule has 1 aromatic heterocycles. The Morgan fingerprint density at radius 2 is 2.17 bits per heavy atom. The minimum atomic E-state index is -0.510. The van der Waals surface area contributed by atoms with Gasteiger partial charge < -0.3 is 10.1 Å². The van der Waals surface area contributed by atoms with E-state index in [1.807, 2.05) is 6.07 Å². The number of rotatable bonds is 4. The van der Waals surface area contributed by atoms with Gasteiger partial charge in [-0.05, 0) is 60.2 Å². The summed E-state index contributed by atoms with van der Waals surface area (Å²) in [5, 5.41) is 12.6. The monoisotopic (exact) mass is 474 g/mol. The molecule has 1 heterocycles. The van der Waals surface area contributed by atoms with Gasteiger partial charge in [0.25, 0.3) is 5.91 Å². The third-order valence-electron chi connectivity index (χ3n) is 3.12. The molecular weight excluding hydrogens is 463 g/mol. The van der Waals surface area contributed by atoms with Crippen LogP contribution in [0.25, 0.3) is 0 Å². The van der Waals surface area contributed by atoms with Gasteiger partial charge in [-0.25, -0.2) is 4.79 Å². The van der Waals surface area contributed by atoms with Crippen molar-refractivity contribution in [2.45, 2.75) is 13.8 Å². The maximum Gasteiger partial charge on any atom is 0.348 e. The zero-order valence-corrected chi connectivity index (χ0v) is 16.5. The first-order valence-corrected chi connectivity index (χ1v) is 9.13. The van der Waals surface area contributed by atoms with Gasteiger partial charge in [0.2, 0.25) is 0 Å². The molecule has 0 aliphatic rings. The zero-order chi connectivity index (χ0) is 17.9. The van der Waals surface area contributed by atoms with Crippen LogP contribution >= 0.6 is 45.5 Å². The van der Waals surface area contributed by atoms with E-state index in [2.05, 4.69) is 27.9 Å². The van der Waals surface area contributed by atoms with Crippen LogP contribution in [0.1, 0.15) is 38.1 Å². The Hall–Kier alpha value is -1.63. The van der Waals surface area contributed by atoms with Crippen molar-refractivity contribution in [1.82, 2.24) is 0 Å². The molecule has 0 unspecified atom stereocenters. The van der Waals surface area contributed by atoms with Crippen LogP contribution in [0, 0.1) is 21.8 Å². The summed E-state index contributed by atoms with van der Waals surface area (Å²) in [7, 11) is 0. The van der Waals surface area contributed by atoms with Crippen LogP contribution in [-0.2, 0) is 4.74 Å². The number of anilines is 1.